The van der Waals surface area contributed by atoms with Crippen LogP contribution >= 0.6 is 0 Å². The van der Waals surface area contributed by atoms with E-state index in [1.165, 1.54) is 19.3 Å². The van der Waals surface area contributed by atoms with Gasteiger partial charge in [-0.05, 0) is 25.7 Å². The first-order valence-electron chi connectivity index (χ1n) is 7.37. The number of ether oxygens (including phenoxy) is 1. The van der Waals surface area contributed by atoms with Crippen molar-refractivity contribution in [3.05, 3.63) is 24.0 Å². The number of rotatable bonds is 5. The van der Waals surface area contributed by atoms with Crippen molar-refractivity contribution in [2.24, 2.45) is 5.92 Å². The van der Waals surface area contributed by atoms with Crippen LogP contribution in [-0.4, -0.2) is 27.6 Å². The van der Waals surface area contributed by atoms with E-state index >= 15 is 0 Å². The summed E-state index contributed by atoms with van der Waals surface area (Å²) in [4.78, 5) is 11.9. The molecule has 1 fully saturated rings. The fraction of sp³-hybridized carbons (Fsp3) is 0.667. The molecule has 20 heavy (non-hydrogen) atoms. The third kappa shape index (κ3) is 3.08. The molecule has 5 heteroatoms. The van der Waals surface area contributed by atoms with Gasteiger partial charge in [0.2, 0.25) is 0 Å². The Hall–Kier alpha value is -1.65. The average molecular weight is 277 g/mol. The summed E-state index contributed by atoms with van der Waals surface area (Å²) >= 11 is 0. The second kappa shape index (κ2) is 6.68. The lowest BCUT2D eigenvalue weighted by Gasteiger charge is -2.28. The smallest absolute Gasteiger partial charge is 0.361 e. The molecule has 0 saturated heterocycles. The molecule has 0 bridgehead atoms. The van der Waals surface area contributed by atoms with Crippen LogP contribution in [0.4, 0.5) is 0 Å². The van der Waals surface area contributed by atoms with Gasteiger partial charge in [0.05, 0.1) is 11.7 Å². The van der Waals surface area contributed by atoms with E-state index in [1.807, 2.05) is 11.6 Å². The van der Waals surface area contributed by atoms with Gasteiger partial charge < -0.3 is 4.74 Å². The Morgan fingerprint density at radius 2 is 2.35 bits per heavy atom. The highest BCUT2D eigenvalue weighted by molar-refractivity contribution is 5.88. The minimum Gasteiger partial charge on any atom is -0.457 e. The fourth-order valence-corrected chi connectivity index (χ4v) is 2.93. The first kappa shape index (κ1) is 14.8. The number of hydrogen-bond acceptors (Lipinski definition) is 4. The van der Waals surface area contributed by atoms with E-state index in [2.05, 4.69) is 23.8 Å². The van der Waals surface area contributed by atoms with Crippen molar-refractivity contribution in [3.63, 3.8) is 0 Å². The largest absolute Gasteiger partial charge is 0.457 e. The molecule has 1 aliphatic carbocycles. The van der Waals surface area contributed by atoms with E-state index in [0.29, 0.717) is 11.7 Å². The Morgan fingerprint density at radius 3 is 3.05 bits per heavy atom. The van der Waals surface area contributed by atoms with E-state index in [0.717, 1.165) is 24.5 Å². The van der Waals surface area contributed by atoms with Crippen molar-refractivity contribution in [1.29, 1.82) is 0 Å². The predicted molar refractivity (Wildman–Crippen MR) is 76.5 cm³/mol. The van der Waals surface area contributed by atoms with E-state index in [1.54, 1.807) is 6.08 Å². The normalized spacial score (nSPS) is 22.5. The Kier molecular flexibility index (Phi) is 4.93. The van der Waals surface area contributed by atoms with Gasteiger partial charge in [-0.25, -0.2) is 9.48 Å². The molecule has 0 radical (unpaired) electrons. The van der Waals surface area contributed by atoms with Crippen molar-refractivity contribution in [2.75, 3.05) is 6.61 Å². The van der Waals surface area contributed by atoms with Crippen molar-refractivity contribution >= 4 is 5.97 Å². The highest BCUT2D eigenvalue weighted by Gasteiger charge is 2.26. The molecule has 0 amide bonds. The second-order valence-corrected chi connectivity index (χ2v) is 5.45. The van der Waals surface area contributed by atoms with Crippen LogP contribution < -0.4 is 0 Å². The Morgan fingerprint density at radius 1 is 1.55 bits per heavy atom. The lowest BCUT2D eigenvalue weighted by atomic mass is 9.84. The monoisotopic (exact) mass is 277 g/mol. The molecular weight excluding hydrogens is 254 g/mol. The first-order valence-corrected chi connectivity index (χ1v) is 7.37. The highest BCUT2D eigenvalue weighted by Crippen LogP contribution is 2.34. The standard InChI is InChI=1S/C15H23N3O2/c1-4-9-20-15(19)14-11(3)18(17-16-14)13-8-6-7-12(5-2)10-13/h4,12-13H,1,5-10H2,2-3H3. The third-order valence-corrected chi connectivity index (χ3v) is 4.13. The molecule has 1 aromatic rings. The van der Waals surface area contributed by atoms with Gasteiger partial charge in [0, 0.05) is 0 Å². The van der Waals surface area contributed by atoms with Crippen LogP contribution in [0.15, 0.2) is 12.7 Å². The summed E-state index contributed by atoms with van der Waals surface area (Å²) in [6.07, 6.45) is 7.51. The average Bonchev–Trinajstić information content (AvgIpc) is 2.86. The SMILES string of the molecule is C=CCOC(=O)c1nnn(C2CCCC(CC)C2)c1C. The molecule has 0 N–H and O–H groups in total. The lowest BCUT2D eigenvalue weighted by molar-refractivity contribution is 0.0542. The molecule has 2 atom stereocenters. The summed E-state index contributed by atoms with van der Waals surface area (Å²) in [6, 6.07) is 0.363. The molecule has 0 aromatic carbocycles. The van der Waals surface area contributed by atoms with Gasteiger partial charge in [0.25, 0.3) is 0 Å². The summed E-state index contributed by atoms with van der Waals surface area (Å²) in [5.74, 6) is 0.338. The van der Waals surface area contributed by atoms with E-state index in [-0.39, 0.29) is 6.61 Å². The number of hydrogen-bond donors (Lipinski definition) is 0. The van der Waals surface area contributed by atoms with Crippen molar-refractivity contribution in [1.82, 2.24) is 15.0 Å². The number of aromatic nitrogens is 3. The Balaban J connectivity index is 2.11. The molecule has 0 aliphatic heterocycles. The van der Waals surface area contributed by atoms with Gasteiger partial charge in [-0.15, -0.1) is 5.10 Å². The van der Waals surface area contributed by atoms with Crippen LogP contribution in [0.2, 0.25) is 0 Å². The van der Waals surface area contributed by atoms with Gasteiger partial charge in [-0.1, -0.05) is 44.1 Å². The molecule has 1 saturated carbocycles. The second-order valence-electron chi connectivity index (χ2n) is 5.45. The van der Waals surface area contributed by atoms with Crippen molar-refractivity contribution in [3.8, 4) is 0 Å². The molecule has 1 aliphatic rings. The summed E-state index contributed by atoms with van der Waals surface area (Å²) in [5.41, 5.74) is 1.13. The van der Waals surface area contributed by atoms with Crippen LogP contribution in [0.25, 0.3) is 0 Å². The van der Waals surface area contributed by atoms with E-state index < -0.39 is 5.97 Å². The molecule has 1 heterocycles. The number of carbonyl (C=O) groups excluding carboxylic acids is 1. The van der Waals surface area contributed by atoms with E-state index in [4.69, 9.17) is 4.74 Å². The Bertz CT molecular complexity index is 481. The van der Waals surface area contributed by atoms with Crippen LogP contribution in [0.5, 0.6) is 0 Å². The van der Waals surface area contributed by atoms with Gasteiger partial charge in [0.1, 0.15) is 6.61 Å². The molecule has 1 aromatic heterocycles. The minimum atomic E-state index is -0.420. The van der Waals surface area contributed by atoms with Gasteiger partial charge in [-0.3, -0.25) is 0 Å². The van der Waals surface area contributed by atoms with Crippen LogP contribution in [-0.2, 0) is 4.74 Å². The van der Waals surface area contributed by atoms with Crippen LogP contribution in [0, 0.1) is 12.8 Å². The van der Waals surface area contributed by atoms with Gasteiger partial charge in [-0.2, -0.15) is 0 Å². The van der Waals surface area contributed by atoms with Crippen molar-refractivity contribution in [2.45, 2.75) is 52.0 Å². The highest BCUT2D eigenvalue weighted by atomic mass is 16.5. The summed E-state index contributed by atoms with van der Waals surface area (Å²) in [5, 5.41) is 8.18. The minimum absolute atomic E-state index is 0.201. The first-order chi connectivity index (χ1) is 9.67. The molecule has 2 rings (SSSR count). The zero-order valence-corrected chi connectivity index (χ0v) is 12.3. The molecule has 5 nitrogen and oxygen atoms in total. The number of esters is 1. The predicted octanol–water partition coefficient (Wildman–Crippen LogP) is 3.07. The molecule has 2 unspecified atom stereocenters. The van der Waals surface area contributed by atoms with Gasteiger partial charge in [0.15, 0.2) is 5.69 Å². The maximum atomic E-state index is 11.9. The maximum absolute atomic E-state index is 11.9. The zero-order chi connectivity index (χ0) is 14.5. The topological polar surface area (TPSA) is 57.0 Å². The summed E-state index contributed by atoms with van der Waals surface area (Å²) < 4.78 is 6.94. The Labute approximate surface area is 120 Å². The van der Waals surface area contributed by atoms with E-state index in [9.17, 15) is 4.79 Å². The number of nitrogens with zero attached hydrogens (tertiary/aromatic N) is 3. The fourth-order valence-electron chi connectivity index (χ4n) is 2.93. The maximum Gasteiger partial charge on any atom is 0.361 e. The molecule has 0 spiro atoms. The van der Waals surface area contributed by atoms with Crippen LogP contribution in [0.3, 0.4) is 0 Å². The molecule has 110 valence electrons. The molecular formula is C15H23N3O2. The lowest BCUT2D eigenvalue weighted by Crippen LogP contribution is -2.21. The summed E-state index contributed by atoms with van der Waals surface area (Å²) in [7, 11) is 0. The van der Waals surface area contributed by atoms with Crippen LogP contribution in [0.1, 0.15) is 61.3 Å². The third-order valence-electron chi connectivity index (χ3n) is 4.13. The zero-order valence-electron chi connectivity index (χ0n) is 12.3. The number of carbonyl (C=O) groups is 1. The van der Waals surface area contributed by atoms with Gasteiger partial charge >= 0.3 is 5.97 Å². The van der Waals surface area contributed by atoms with Crippen molar-refractivity contribution < 1.29 is 9.53 Å². The quantitative estimate of drug-likeness (QED) is 0.613. The summed E-state index contributed by atoms with van der Waals surface area (Å²) in [6.45, 7) is 7.85.